The van der Waals surface area contributed by atoms with Gasteiger partial charge in [0.25, 0.3) is 0 Å². The number of carbonyl (C=O) groups is 2. The molecule has 1 aliphatic heterocycles. The molecule has 5 aliphatic rings. The molecule has 0 radical (unpaired) electrons. The lowest BCUT2D eigenvalue weighted by atomic mass is 9.63. The van der Waals surface area contributed by atoms with Crippen molar-refractivity contribution in [2.24, 2.45) is 35.5 Å². The van der Waals surface area contributed by atoms with Crippen molar-refractivity contribution in [2.75, 3.05) is 4.90 Å². The maximum atomic E-state index is 12.8. The van der Waals surface area contributed by atoms with Crippen molar-refractivity contribution in [1.29, 1.82) is 0 Å². The van der Waals surface area contributed by atoms with Crippen molar-refractivity contribution >= 4 is 17.5 Å². The van der Waals surface area contributed by atoms with Gasteiger partial charge in [-0.25, -0.2) is 4.90 Å². The number of imide groups is 1. The summed E-state index contributed by atoms with van der Waals surface area (Å²) in [5.74, 6) is 1.25. The van der Waals surface area contributed by atoms with E-state index in [4.69, 9.17) is 0 Å². The van der Waals surface area contributed by atoms with Gasteiger partial charge in [0.15, 0.2) is 0 Å². The van der Waals surface area contributed by atoms with Crippen LogP contribution in [0.15, 0.2) is 36.4 Å². The van der Waals surface area contributed by atoms with Crippen LogP contribution in [0.4, 0.5) is 5.69 Å². The minimum absolute atomic E-state index is 0.0758. The van der Waals surface area contributed by atoms with E-state index in [1.54, 1.807) is 18.2 Å². The van der Waals surface area contributed by atoms with E-state index < -0.39 is 0 Å². The molecule has 6 atom stereocenters. The van der Waals surface area contributed by atoms with Crippen molar-refractivity contribution < 1.29 is 14.7 Å². The van der Waals surface area contributed by atoms with Gasteiger partial charge in [-0.3, -0.25) is 9.59 Å². The average molecular weight is 281 g/mol. The highest BCUT2D eigenvalue weighted by Crippen LogP contribution is 2.65. The van der Waals surface area contributed by atoms with E-state index in [9.17, 15) is 14.7 Å². The molecule has 2 saturated carbocycles. The molecule has 4 nitrogen and oxygen atoms in total. The SMILES string of the molecule is O=C1[C@@H]2[C@H]3C=C[C@H]([C@H]4C[C@H]34)[C@@H]2C(=O)N1c1cccc(O)c1. The Hall–Kier alpha value is -2.10. The van der Waals surface area contributed by atoms with E-state index in [0.717, 1.165) is 0 Å². The average Bonchev–Trinajstić information content (AvgIpc) is 3.24. The Kier molecular flexibility index (Phi) is 1.96. The highest BCUT2D eigenvalue weighted by Gasteiger charge is 2.67. The van der Waals surface area contributed by atoms with Gasteiger partial charge in [0.2, 0.25) is 11.8 Å². The highest BCUT2D eigenvalue weighted by atomic mass is 16.3. The molecule has 2 amide bonds. The van der Waals surface area contributed by atoms with E-state index in [1.807, 2.05) is 0 Å². The molecule has 0 spiro atoms. The second-order valence-corrected chi connectivity index (χ2v) is 6.69. The molecule has 1 heterocycles. The Bertz CT molecular complexity index is 674. The minimum atomic E-state index is -0.182. The quantitative estimate of drug-likeness (QED) is 0.632. The summed E-state index contributed by atoms with van der Waals surface area (Å²) in [4.78, 5) is 26.9. The van der Waals surface area contributed by atoms with Gasteiger partial charge in [-0.1, -0.05) is 18.2 Å². The normalized spacial score (nSPS) is 42.2. The van der Waals surface area contributed by atoms with Crippen LogP contribution in [0.3, 0.4) is 0 Å². The van der Waals surface area contributed by atoms with Gasteiger partial charge in [0.1, 0.15) is 5.75 Å². The van der Waals surface area contributed by atoms with Crippen LogP contribution in [0.1, 0.15) is 6.42 Å². The number of nitrogens with zero attached hydrogens (tertiary/aromatic N) is 1. The van der Waals surface area contributed by atoms with Crippen LogP contribution in [0, 0.1) is 35.5 Å². The van der Waals surface area contributed by atoms with Crippen LogP contribution < -0.4 is 4.90 Å². The summed E-state index contributed by atoms with van der Waals surface area (Å²) in [6.07, 6.45) is 5.50. The summed E-state index contributed by atoms with van der Waals surface area (Å²) in [7, 11) is 0. The largest absolute Gasteiger partial charge is 0.508 e. The predicted molar refractivity (Wildman–Crippen MR) is 75.3 cm³/mol. The second-order valence-electron chi connectivity index (χ2n) is 6.69. The fourth-order valence-corrected chi connectivity index (χ4v) is 4.84. The van der Waals surface area contributed by atoms with Crippen LogP contribution in [-0.2, 0) is 9.59 Å². The molecule has 0 unspecified atom stereocenters. The third-order valence-electron chi connectivity index (χ3n) is 5.75. The Morgan fingerprint density at radius 1 is 1.00 bits per heavy atom. The Morgan fingerprint density at radius 3 is 2.19 bits per heavy atom. The summed E-state index contributed by atoms with van der Waals surface area (Å²) in [5.41, 5.74) is 0.493. The van der Waals surface area contributed by atoms with Gasteiger partial charge in [0.05, 0.1) is 17.5 Å². The first-order valence-corrected chi connectivity index (χ1v) is 7.52. The fourth-order valence-electron chi connectivity index (χ4n) is 4.84. The van der Waals surface area contributed by atoms with Gasteiger partial charge in [-0.2, -0.15) is 0 Å². The number of amides is 2. The Morgan fingerprint density at radius 2 is 1.62 bits per heavy atom. The first-order chi connectivity index (χ1) is 10.2. The number of phenols is 1. The second kappa shape index (κ2) is 3.56. The number of allylic oxidation sites excluding steroid dienone is 2. The fraction of sp³-hybridized carbons (Fsp3) is 0.412. The molecule has 6 rings (SSSR count). The lowest BCUT2D eigenvalue weighted by Crippen LogP contribution is -2.40. The number of hydrogen-bond donors (Lipinski definition) is 1. The molecule has 1 aromatic rings. The standard InChI is InChI=1S/C17H15NO3/c19-9-3-1-2-8(6-9)18-16(20)14-10-4-5-11(13-7-12(10)13)15(14)17(18)21/h1-6,10-15,19H,7H2/t10-,11+,12-,13-,14+,15-/m1/s1. The van der Waals surface area contributed by atoms with Crippen molar-refractivity contribution in [2.45, 2.75) is 6.42 Å². The summed E-state index contributed by atoms with van der Waals surface area (Å²) in [6, 6.07) is 6.41. The molecule has 2 bridgehead atoms. The van der Waals surface area contributed by atoms with E-state index in [0.29, 0.717) is 17.5 Å². The van der Waals surface area contributed by atoms with Crippen LogP contribution in [0.25, 0.3) is 0 Å². The molecule has 1 aromatic carbocycles. The Balaban J connectivity index is 1.60. The van der Waals surface area contributed by atoms with E-state index >= 15 is 0 Å². The Labute approximate surface area is 122 Å². The third kappa shape index (κ3) is 1.30. The van der Waals surface area contributed by atoms with Crippen molar-refractivity contribution in [3.05, 3.63) is 36.4 Å². The van der Waals surface area contributed by atoms with E-state index in [1.165, 1.54) is 17.4 Å². The maximum absolute atomic E-state index is 12.8. The van der Waals surface area contributed by atoms with Gasteiger partial charge >= 0.3 is 0 Å². The monoisotopic (exact) mass is 281 g/mol. The van der Waals surface area contributed by atoms with Gasteiger partial charge in [0, 0.05) is 6.07 Å². The van der Waals surface area contributed by atoms with Crippen molar-refractivity contribution in [3.8, 4) is 5.75 Å². The molecule has 3 fully saturated rings. The zero-order chi connectivity index (χ0) is 14.3. The zero-order valence-electron chi connectivity index (χ0n) is 11.3. The number of hydrogen-bond acceptors (Lipinski definition) is 3. The smallest absolute Gasteiger partial charge is 0.238 e. The first-order valence-electron chi connectivity index (χ1n) is 7.52. The number of phenolic OH excluding ortho intramolecular Hbond substituents is 1. The molecule has 21 heavy (non-hydrogen) atoms. The van der Waals surface area contributed by atoms with Crippen molar-refractivity contribution in [1.82, 2.24) is 0 Å². The van der Waals surface area contributed by atoms with E-state index in [2.05, 4.69) is 12.2 Å². The lowest BCUT2D eigenvalue weighted by molar-refractivity contribution is -0.124. The van der Waals surface area contributed by atoms with E-state index in [-0.39, 0.29) is 41.2 Å². The molecular formula is C17H15NO3. The molecule has 1 N–H and O–H groups in total. The number of carbonyl (C=O) groups excluding carboxylic acids is 2. The lowest BCUT2D eigenvalue weighted by Gasteiger charge is -2.37. The molecule has 4 aliphatic carbocycles. The van der Waals surface area contributed by atoms with Crippen molar-refractivity contribution in [3.63, 3.8) is 0 Å². The van der Waals surface area contributed by atoms with Crippen LogP contribution in [-0.4, -0.2) is 16.9 Å². The topological polar surface area (TPSA) is 57.6 Å². The molecule has 4 heteroatoms. The third-order valence-corrected chi connectivity index (χ3v) is 5.75. The summed E-state index contributed by atoms with van der Waals surface area (Å²) in [6.45, 7) is 0. The van der Waals surface area contributed by atoms with Crippen LogP contribution in [0.2, 0.25) is 0 Å². The van der Waals surface area contributed by atoms with Gasteiger partial charge < -0.3 is 5.11 Å². The van der Waals surface area contributed by atoms with Gasteiger partial charge in [-0.15, -0.1) is 0 Å². The molecule has 106 valence electrons. The number of rotatable bonds is 1. The summed E-state index contributed by atoms with van der Waals surface area (Å²) >= 11 is 0. The first kappa shape index (κ1) is 11.5. The minimum Gasteiger partial charge on any atom is -0.508 e. The number of aromatic hydroxyl groups is 1. The zero-order valence-corrected chi connectivity index (χ0v) is 11.3. The highest BCUT2D eigenvalue weighted by molar-refractivity contribution is 6.22. The number of benzene rings is 1. The molecule has 1 saturated heterocycles. The summed E-state index contributed by atoms with van der Waals surface area (Å²) < 4.78 is 0. The molecular weight excluding hydrogens is 266 g/mol. The maximum Gasteiger partial charge on any atom is 0.238 e. The van der Waals surface area contributed by atoms with Crippen LogP contribution in [0.5, 0.6) is 5.75 Å². The molecule has 0 aromatic heterocycles. The predicted octanol–water partition coefficient (Wildman–Crippen LogP) is 1.95. The van der Waals surface area contributed by atoms with Crippen LogP contribution >= 0.6 is 0 Å². The summed E-state index contributed by atoms with van der Waals surface area (Å²) in [5, 5.41) is 9.61. The number of anilines is 1. The van der Waals surface area contributed by atoms with Gasteiger partial charge in [-0.05, 0) is 42.2 Å².